The largest absolute Gasteiger partial charge is 0.508 e. The van der Waals surface area contributed by atoms with Crippen molar-refractivity contribution in [3.05, 3.63) is 99.6 Å². The number of halogens is 7. The summed E-state index contributed by atoms with van der Waals surface area (Å²) in [6.45, 7) is 3.50. The van der Waals surface area contributed by atoms with Crippen LogP contribution in [0.5, 0.6) is 11.5 Å². The fourth-order valence-corrected chi connectivity index (χ4v) is 11.3. The van der Waals surface area contributed by atoms with E-state index in [1.54, 1.807) is 32.2 Å². The molecule has 2 aromatic heterocycles. The second-order valence-corrected chi connectivity index (χ2v) is 17.6. The van der Waals surface area contributed by atoms with E-state index in [1.165, 1.54) is 41.3 Å². The number of aryl methyl sites for hydroxylation is 2. The molecule has 4 heterocycles. The SMILES string of the molecule is COc1ccc(O)c(C2C3=CCC4C(=O)N(c5cc(C(F)(F)F)cc(C(F)(F)F)c5)C(=O)C4C3CC3C(=O)N(c4cc(-c5sc6ccc(Cl)cc6c5C)nn4C)C(=O)C32C)c1. The number of carbonyl (C=O) groups excluding carboxylic acids is 4. The van der Waals surface area contributed by atoms with E-state index >= 15 is 4.79 Å². The minimum atomic E-state index is -5.25. The molecule has 2 saturated heterocycles. The van der Waals surface area contributed by atoms with E-state index in [0.717, 1.165) is 25.4 Å². The van der Waals surface area contributed by atoms with Crippen LogP contribution in [0.25, 0.3) is 20.7 Å². The van der Waals surface area contributed by atoms with Crippen molar-refractivity contribution in [2.75, 3.05) is 16.9 Å². The van der Waals surface area contributed by atoms with E-state index in [-0.39, 0.29) is 41.8 Å². The smallest absolute Gasteiger partial charge is 0.416 e. The average molecular weight is 883 g/mol. The highest BCUT2D eigenvalue weighted by Crippen LogP contribution is 2.65. The van der Waals surface area contributed by atoms with Gasteiger partial charge in [0.1, 0.15) is 23.0 Å². The fraction of sp³-hybridized carbons (Fsp3) is 0.326. The van der Waals surface area contributed by atoms with Gasteiger partial charge in [0.25, 0.3) is 0 Å². The molecule has 0 bridgehead atoms. The summed E-state index contributed by atoms with van der Waals surface area (Å²) in [7, 11) is 2.97. The molecule has 4 amide bonds. The van der Waals surface area contributed by atoms with Crippen LogP contribution in [0, 0.1) is 36.0 Å². The first-order valence-electron chi connectivity index (χ1n) is 19.0. The summed E-state index contributed by atoms with van der Waals surface area (Å²) >= 11 is 7.73. The normalized spacial score (nSPS) is 25.3. The van der Waals surface area contributed by atoms with Gasteiger partial charge in [0.05, 0.1) is 52.0 Å². The monoisotopic (exact) mass is 882 g/mol. The number of ether oxygens (including phenoxy) is 1. The highest BCUT2D eigenvalue weighted by atomic mass is 35.5. The summed E-state index contributed by atoms with van der Waals surface area (Å²) in [6.07, 6.45) is -9.21. The van der Waals surface area contributed by atoms with Gasteiger partial charge >= 0.3 is 12.4 Å². The second-order valence-electron chi connectivity index (χ2n) is 16.1. The molecule has 10 nitrogen and oxygen atoms in total. The first-order chi connectivity index (χ1) is 28.6. The molecule has 2 aliphatic heterocycles. The minimum Gasteiger partial charge on any atom is -0.508 e. The van der Waals surface area contributed by atoms with Crippen LogP contribution in [-0.4, -0.2) is 45.6 Å². The Hall–Kier alpha value is -5.68. The number of carbonyl (C=O) groups is 4. The number of amides is 4. The van der Waals surface area contributed by atoms with E-state index in [0.29, 0.717) is 33.3 Å². The summed E-state index contributed by atoms with van der Waals surface area (Å²) in [4.78, 5) is 60.8. The van der Waals surface area contributed by atoms with Gasteiger partial charge in [-0.05, 0) is 98.2 Å². The highest BCUT2D eigenvalue weighted by Gasteiger charge is 2.68. The Labute approximate surface area is 351 Å². The van der Waals surface area contributed by atoms with Crippen molar-refractivity contribution in [1.29, 1.82) is 0 Å². The van der Waals surface area contributed by atoms with Crippen LogP contribution >= 0.6 is 22.9 Å². The molecule has 0 radical (unpaired) electrons. The number of aromatic hydroxyl groups is 1. The maximum atomic E-state index is 15.1. The van der Waals surface area contributed by atoms with Crippen molar-refractivity contribution in [3.8, 4) is 22.1 Å². The summed E-state index contributed by atoms with van der Waals surface area (Å²) in [6, 6.07) is 12.0. The second kappa shape index (κ2) is 13.7. The van der Waals surface area contributed by atoms with Crippen molar-refractivity contribution in [1.82, 2.24) is 9.78 Å². The lowest BCUT2D eigenvalue weighted by Gasteiger charge is -2.49. The molecular formula is C43H33ClF6N4O6S. The van der Waals surface area contributed by atoms with E-state index in [1.807, 2.05) is 19.1 Å². The summed E-state index contributed by atoms with van der Waals surface area (Å²) in [5, 5.41) is 17.6. The Morgan fingerprint density at radius 3 is 2.23 bits per heavy atom. The molecule has 6 atom stereocenters. The lowest BCUT2D eigenvalue weighted by Crippen LogP contribution is -2.49. The Kier molecular flexibility index (Phi) is 9.12. The molecule has 3 fully saturated rings. The quantitative estimate of drug-likeness (QED) is 0.106. The average Bonchev–Trinajstić information content (AvgIpc) is 3.87. The van der Waals surface area contributed by atoms with Crippen molar-refractivity contribution in [2.24, 2.45) is 36.1 Å². The number of allylic oxidation sites excluding steroid dienone is 2. The van der Waals surface area contributed by atoms with E-state index in [2.05, 4.69) is 0 Å². The number of fused-ring (bicyclic) bond motifs is 5. The highest BCUT2D eigenvalue weighted by molar-refractivity contribution is 7.22. The van der Waals surface area contributed by atoms with Crippen molar-refractivity contribution >= 4 is 68.2 Å². The van der Waals surface area contributed by atoms with Crippen molar-refractivity contribution in [2.45, 2.75) is 45.0 Å². The first kappa shape index (κ1) is 40.7. The molecule has 61 heavy (non-hydrogen) atoms. The van der Waals surface area contributed by atoms with Gasteiger partial charge in [-0.2, -0.15) is 31.4 Å². The third-order valence-corrected chi connectivity index (χ3v) is 14.4. The van der Waals surface area contributed by atoms with Gasteiger partial charge in [-0.1, -0.05) is 23.3 Å². The molecule has 6 unspecified atom stereocenters. The number of thiophene rings is 1. The lowest BCUT2D eigenvalue weighted by atomic mass is 9.51. The number of phenols is 1. The van der Waals surface area contributed by atoms with Crippen LogP contribution in [0.1, 0.15) is 47.9 Å². The third-order valence-electron chi connectivity index (χ3n) is 12.9. The van der Waals surface area contributed by atoms with Gasteiger partial charge in [0.2, 0.25) is 23.6 Å². The summed E-state index contributed by atoms with van der Waals surface area (Å²) in [5.41, 5.74) is -3.96. The number of aromatic nitrogens is 2. The number of nitrogens with zero attached hydrogens (tertiary/aromatic N) is 4. The zero-order valence-corrected chi connectivity index (χ0v) is 34.1. The van der Waals surface area contributed by atoms with Gasteiger partial charge < -0.3 is 9.84 Å². The van der Waals surface area contributed by atoms with E-state index in [4.69, 9.17) is 21.4 Å². The number of hydrogen-bond donors (Lipinski definition) is 1. The molecule has 0 spiro atoms. The van der Waals surface area contributed by atoms with Gasteiger partial charge in [-0.3, -0.25) is 23.9 Å². The van der Waals surface area contributed by atoms with Crippen molar-refractivity contribution in [3.63, 3.8) is 0 Å². The number of phenolic OH excluding ortho intramolecular Hbond substituents is 1. The van der Waals surface area contributed by atoms with E-state index in [9.17, 15) is 45.8 Å². The number of benzene rings is 3. The molecule has 1 N–H and O–H groups in total. The maximum Gasteiger partial charge on any atom is 0.416 e. The molecule has 9 rings (SSSR count). The van der Waals surface area contributed by atoms with Crippen LogP contribution in [0.15, 0.2) is 72.3 Å². The van der Waals surface area contributed by atoms with E-state index < -0.39 is 87.8 Å². The molecular weight excluding hydrogens is 850 g/mol. The van der Waals surface area contributed by atoms with Gasteiger partial charge in [0, 0.05) is 34.3 Å². The zero-order chi connectivity index (χ0) is 43.8. The number of anilines is 2. The molecule has 18 heteroatoms. The van der Waals surface area contributed by atoms with Crippen LogP contribution in [-0.2, 0) is 38.6 Å². The topological polar surface area (TPSA) is 122 Å². The number of imide groups is 2. The first-order valence-corrected chi connectivity index (χ1v) is 20.2. The molecule has 5 aromatic rings. The van der Waals surface area contributed by atoms with Gasteiger partial charge in [-0.15, -0.1) is 11.3 Å². The zero-order valence-electron chi connectivity index (χ0n) is 32.5. The maximum absolute atomic E-state index is 15.1. The Balaban J connectivity index is 1.16. The molecule has 4 aliphatic rings. The predicted molar refractivity (Wildman–Crippen MR) is 212 cm³/mol. The Morgan fingerprint density at radius 2 is 1.57 bits per heavy atom. The molecule has 2 aliphatic carbocycles. The fourth-order valence-electron chi connectivity index (χ4n) is 10.0. The molecule has 1 saturated carbocycles. The summed E-state index contributed by atoms with van der Waals surface area (Å²) in [5.74, 6) is -9.02. The number of rotatable bonds is 5. The van der Waals surface area contributed by atoms with Crippen LogP contribution in [0.3, 0.4) is 0 Å². The molecule has 316 valence electrons. The standard InChI is InChI=1S/C43H33ClF6N4O6S/c1-18-26-14-21(44)5-10-32(26)61-36(18)30-17-33(52(3)51-30)54-38(57)29-16-27-24(35(41(29,2)40(54)59)28-15-23(60-4)6-9-31(28)55)7-8-25-34(27)39(58)53(37(25)56)22-12-19(42(45,46)47)11-20(13-22)43(48,49)50/h5-7,9-15,17,25,27,29,34-35,55H,8,16H2,1-4H3. The van der Waals surface area contributed by atoms with Crippen LogP contribution in [0.4, 0.5) is 37.8 Å². The lowest BCUT2D eigenvalue weighted by molar-refractivity contribution is -0.143. The minimum absolute atomic E-state index is 0.0895. The van der Waals surface area contributed by atoms with Crippen molar-refractivity contribution < 1.29 is 55.4 Å². The number of methoxy groups -OCH3 is 1. The van der Waals surface area contributed by atoms with Crippen LogP contribution in [0.2, 0.25) is 5.02 Å². The molecule has 3 aromatic carbocycles. The number of hydrogen-bond acceptors (Lipinski definition) is 8. The third kappa shape index (κ3) is 6.01. The summed E-state index contributed by atoms with van der Waals surface area (Å²) < 4.78 is 91.4. The van der Waals surface area contributed by atoms with Gasteiger partial charge in [-0.25, -0.2) is 9.80 Å². The predicted octanol–water partition coefficient (Wildman–Crippen LogP) is 9.45. The Bertz CT molecular complexity index is 2760. The number of alkyl halides is 6. The van der Waals surface area contributed by atoms with Crippen LogP contribution < -0.4 is 14.5 Å². The van der Waals surface area contributed by atoms with Gasteiger partial charge in [0.15, 0.2) is 0 Å². The Morgan fingerprint density at radius 1 is 0.885 bits per heavy atom.